The van der Waals surface area contributed by atoms with E-state index >= 15 is 0 Å². The van der Waals surface area contributed by atoms with E-state index in [2.05, 4.69) is 5.32 Å². The quantitative estimate of drug-likeness (QED) is 0.774. The molecule has 1 aromatic carbocycles. The molecule has 0 heterocycles. The Labute approximate surface area is 120 Å². The molecule has 2 fully saturated rings. The second-order valence-electron chi connectivity index (χ2n) is 6.60. The summed E-state index contributed by atoms with van der Waals surface area (Å²) in [6.45, 7) is 2.60. The maximum atomic E-state index is 13.9. The van der Waals surface area contributed by atoms with Crippen molar-refractivity contribution in [3.8, 4) is 0 Å². The van der Waals surface area contributed by atoms with Gasteiger partial charge < -0.3 is 10.1 Å². The molecule has 0 amide bonds. The molecule has 20 heavy (non-hydrogen) atoms. The lowest BCUT2D eigenvalue weighted by Crippen LogP contribution is -2.36. The molecule has 0 aliphatic heterocycles. The summed E-state index contributed by atoms with van der Waals surface area (Å²) >= 11 is 0. The second-order valence-corrected chi connectivity index (χ2v) is 6.60. The number of benzene rings is 1. The summed E-state index contributed by atoms with van der Waals surface area (Å²) < 4.78 is 19.0. The van der Waals surface area contributed by atoms with Crippen LogP contribution in [0.3, 0.4) is 0 Å². The summed E-state index contributed by atoms with van der Waals surface area (Å²) in [7, 11) is 1.72. The van der Waals surface area contributed by atoms with Crippen molar-refractivity contribution in [3.63, 3.8) is 0 Å². The van der Waals surface area contributed by atoms with Crippen LogP contribution >= 0.6 is 0 Å². The lowest BCUT2D eigenvalue weighted by Gasteiger charge is -2.32. The van der Waals surface area contributed by atoms with Gasteiger partial charge in [-0.1, -0.05) is 18.2 Å². The van der Waals surface area contributed by atoms with Crippen LogP contribution in [0, 0.1) is 23.1 Å². The average Bonchev–Trinajstić information content (AvgIpc) is 3.06. The highest BCUT2D eigenvalue weighted by Crippen LogP contribution is 2.60. The first-order valence-electron chi connectivity index (χ1n) is 7.65. The minimum Gasteiger partial charge on any atom is -0.383 e. The first kappa shape index (κ1) is 14.0. The van der Waals surface area contributed by atoms with Crippen molar-refractivity contribution in [2.75, 3.05) is 26.8 Å². The lowest BCUT2D eigenvalue weighted by atomic mass is 9.77. The fourth-order valence-corrected chi connectivity index (χ4v) is 3.93. The van der Waals surface area contributed by atoms with Gasteiger partial charge in [-0.15, -0.1) is 0 Å². The fraction of sp³-hybridized carbons (Fsp3) is 0.647. The van der Waals surface area contributed by atoms with Crippen molar-refractivity contribution in [2.45, 2.75) is 25.7 Å². The normalized spacial score (nSPS) is 31.3. The number of halogens is 1. The van der Waals surface area contributed by atoms with E-state index in [0.717, 1.165) is 43.5 Å². The van der Waals surface area contributed by atoms with Gasteiger partial charge in [0.25, 0.3) is 0 Å². The Balaban J connectivity index is 1.65. The van der Waals surface area contributed by atoms with Gasteiger partial charge in [0.05, 0.1) is 6.61 Å². The zero-order valence-corrected chi connectivity index (χ0v) is 12.2. The zero-order chi connectivity index (χ0) is 14.0. The molecule has 0 saturated heterocycles. The average molecular weight is 277 g/mol. The number of rotatable bonds is 7. The lowest BCUT2D eigenvalue weighted by molar-refractivity contribution is 0.186. The summed E-state index contributed by atoms with van der Waals surface area (Å²) in [6, 6.07) is 7.24. The Morgan fingerprint density at radius 1 is 1.30 bits per heavy atom. The number of methoxy groups -OCH3 is 1. The van der Waals surface area contributed by atoms with Crippen LogP contribution in [0.25, 0.3) is 0 Å². The van der Waals surface area contributed by atoms with E-state index in [9.17, 15) is 4.39 Å². The smallest absolute Gasteiger partial charge is 0.126 e. The topological polar surface area (TPSA) is 21.3 Å². The monoisotopic (exact) mass is 277 g/mol. The van der Waals surface area contributed by atoms with Gasteiger partial charge in [-0.2, -0.15) is 0 Å². The Hall–Kier alpha value is -0.930. The Morgan fingerprint density at radius 2 is 2.05 bits per heavy atom. The first-order chi connectivity index (χ1) is 9.72. The molecule has 2 aliphatic carbocycles. The number of ether oxygens (including phenoxy) is 1. The second kappa shape index (κ2) is 5.82. The van der Waals surface area contributed by atoms with Crippen molar-refractivity contribution in [2.24, 2.45) is 17.3 Å². The number of nitrogens with one attached hydrogen (secondary N) is 1. The standard InChI is InChI=1S/C17H24FNO/c1-20-7-6-19-12-17(10-14-8-15(14)11-17)9-13-4-2-3-5-16(13)18/h2-5,14-15,19H,6-12H2,1H3. The molecule has 2 atom stereocenters. The molecule has 0 aromatic heterocycles. The zero-order valence-electron chi connectivity index (χ0n) is 12.2. The van der Waals surface area contributed by atoms with Crippen LogP contribution in [0.2, 0.25) is 0 Å². The molecule has 1 aromatic rings. The van der Waals surface area contributed by atoms with Crippen LogP contribution in [0.5, 0.6) is 0 Å². The van der Waals surface area contributed by atoms with E-state index in [0.29, 0.717) is 0 Å². The minimum absolute atomic E-state index is 0.0515. The fourth-order valence-electron chi connectivity index (χ4n) is 3.93. The van der Waals surface area contributed by atoms with Gasteiger partial charge in [0, 0.05) is 20.2 Å². The Bertz CT molecular complexity index is 452. The van der Waals surface area contributed by atoms with Crippen LogP contribution in [0.4, 0.5) is 4.39 Å². The van der Waals surface area contributed by atoms with E-state index in [4.69, 9.17) is 4.74 Å². The molecule has 3 heteroatoms. The van der Waals surface area contributed by atoms with Gasteiger partial charge >= 0.3 is 0 Å². The molecule has 0 radical (unpaired) electrons. The largest absolute Gasteiger partial charge is 0.383 e. The molecule has 2 aliphatic rings. The number of hydrogen-bond acceptors (Lipinski definition) is 2. The molecule has 1 N–H and O–H groups in total. The van der Waals surface area contributed by atoms with Crippen LogP contribution in [-0.4, -0.2) is 26.8 Å². The van der Waals surface area contributed by atoms with Gasteiger partial charge in [-0.25, -0.2) is 4.39 Å². The Kier molecular flexibility index (Phi) is 4.08. The van der Waals surface area contributed by atoms with Crippen LogP contribution in [0.15, 0.2) is 24.3 Å². The summed E-state index contributed by atoms with van der Waals surface area (Å²) in [5.41, 5.74) is 1.13. The van der Waals surface area contributed by atoms with E-state index in [1.165, 1.54) is 19.3 Å². The van der Waals surface area contributed by atoms with Gasteiger partial charge in [-0.3, -0.25) is 0 Å². The van der Waals surface area contributed by atoms with Gasteiger partial charge in [0.15, 0.2) is 0 Å². The molecular weight excluding hydrogens is 253 g/mol. The first-order valence-corrected chi connectivity index (χ1v) is 7.65. The minimum atomic E-state index is -0.0515. The molecule has 2 unspecified atom stereocenters. The van der Waals surface area contributed by atoms with Crippen molar-refractivity contribution in [1.82, 2.24) is 5.32 Å². The highest BCUT2D eigenvalue weighted by molar-refractivity contribution is 5.21. The molecule has 3 rings (SSSR count). The molecule has 0 spiro atoms. The van der Waals surface area contributed by atoms with Crippen molar-refractivity contribution in [3.05, 3.63) is 35.6 Å². The predicted octanol–water partition coefficient (Wildman–Crippen LogP) is 3.02. The van der Waals surface area contributed by atoms with E-state index < -0.39 is 0 Å². The van der Waals surface area contributed by atoms with Gasteiger partial charge in [-0.05, 0) is 54.6 Å². The van der Waals surface area contributed by atoms with Crippen molar-refractivity contribution < 1.29 is 9.13 Å². The maximum absolute atomic E-state index is 13.9. The van der Waals surface area contributed by atoms with Crippen molar-refractivity contribution >= 4 is 0 Å². The predicted molar refractivity (Wildman–Crippen MR) is 78.1 cm³/mol. The summed E-state index contributed by atoms with van der Waals surface area (Å²) in [5.74, 6) is 1.77. The summed E-state index contributed by atoms with van der Waals surface area (Å²) in [5, 5.41) is 3.50. The number of hydrogen-bond donors (Lipinski definition) is 1. The van der Waals surface area contributed by atoms with Crippen LogP contribution in [-0.2, 0) is 11.2 Å². The third-order valence-corrected chi connectivity index (χ3v) is 4.97. The van der Waals surface area contributed by atoms with Crippen molar-refractivity contribution in [1.29, 1.82) is 0 Å². The highest BCUT2D eigenvalue weighted by Gasteiger charge is 2.53. The number of fused-ring (bicyclic) bond motifs is 1. The summed E-state index contributed by atoms with van der Waals surface area (Å²) in [4.78, 5) is 0. The third-order valence-electron chi connectivity index (χ3n) is 4.97. The Morgan fingerprint density at radius 3 is 2.75 bits per heavy atom. The summed E-state index contributed by atoms with van der Waals surface area (Å²) in [6.07, 6.45) is 4.78. The third kappa shape index (κ3) is 3.04. The van der Waals surface area contributed by atoms with Gasteiger partial charge in [0.1, 0.15) is 5.82 Å². The molecule has 110 valence electrons. The SMILES string of the molecule is COCCNCC1(Cc2ccccc2F)CC2CC2C1. The van der Waals surface area contributed by atoms with E-state index in [1.54, 1.807) is 19.2 Å². The van der Waals surface area contributed by atoms with Crippen LogP contribution in [0.1, 0.15) is 24.8 Å². The highest BCUT2D eigenvalue weighted by atomic mass is 19.1. The van der Waals surface area contributed by atoms with E-state index in [1.807, 2.05) is 12.1 Å². The maximum Gasteiger partial charge on any atom is 0.126 e. The van der Waals surface area contributed by atoms with Crippen LogP contribution < -0.4 is 5.32 Å². The van der Waals surface area contributed by atoms with Gasteiger partial charge in [0.2, 0.25) is 0 Å². The molecule has 0 bridgehead atoms. The molecule has 2 saturated carbocycles. The molecule has 2 nitrogen and oxygen atoms in total. The van der Waals surface area contributed by atoms with E-state index in [-0.39, 0.29) is 11.2 Å². The molecular formula is C17H24FNO.